The molecule has 0 fully saturated rings. The normalized spacial score (nSPS) is 15.8. The van der Waals surface area contributed by atoms with Crippen molar-refractivity contribution in [3.63, 3.8) is 0 Å². The standard InChI is InChI=1S/C19H34N5O12P/c1-10(2)6-12(22-9-26)18(31)21-7-14(27)23-13(8-25)19(32)24-16(17(20)30)11(3)36-37(33,34)35-5-4-15(28)29/h9-13,16,25H,4-8H2,1-3H3,(H2,20,30)(H,21,31)(H,22,26)(H,23,27)(H,24,32)(H,28,29)(H,33,34). The number of phosphoric ester groups is 1. The highest BCUT2D eigenvalue weighted by atomic mass is 31.2. The van der Waals surface area contributed by atoms with Gasteiger partial charge in [-0.2, -0.15) is 0 Å². The van der Waals surface area contributed by atoms with Gasteiger partial charge >= 0.3 is 13.8 Å². The largest absolute Gasteiger partial charge is 0.481 e. The van der Waals surface area contributed by atoms with Crippen molar-refractivity contribution < 1.29 is 57.5 Å². The fraction of sp³-hybridized carbons (Fsp3) is 0.684. The number of carboxylic acid groups (broad SMARTS) is 1. The molecular weight excluding hydrogens is 521 g/mol. The summed E-state index contributed by atoms with van der Waals surface area (Å²) in [6.07, 6.45) is -1.52. The third-order valence-corrected chi connectivity index (χ3v) is 5.60. The van der Waals surface area contributed by atoms with E-state index in [4.69, 9.17) is 15.4 Å². The van der Waals surface area contributed by atoms with Crippen LogP contribution in [0.4, 0.5) is 0 Å². The Hall–Kier alpha value is -3.11. The Labute approximate surface area is 212 Å². The van der Waals surface area contributed by atoms with Crippen molar-refractivity contribution in [1.29, 1.82) is 0 Å². The lowest BCUT2D eigenvalue weighted by Gasteiger charge is -2.26. The number of primary amides is 1. The fourth-order valence-electron chi connectivity index (χ4n) is 2.76. The van der Waals surface area contributed by atoms with Crippen LogP contribution in [0.25, 0.3) is 0 Å². The third kappa shape index (κ3) is 14.3. The van der Waals surface area contributed by atoms with Crippen molar-refractivity contribution in [3.8, 4) is 0 Å². The number of aliphatic carboxylic acids is 1. The molecule has 0 aliphatic rings. The van der Waals surface area contributed by atoms with Crippen LogP contribution in [-0.4, -0.2) is 95.1 Å². The molecule has 0 aromatic heterocycles. The summed E-state index contributed by atoms with van der Waals surface area (Å²) in [5.74, 6) is -5.13. The Balaban J connectivity index is 5.05. The number of carbonyl (C=O) groups excluding carboxylic acids is 5. The van der Waals surface area contributed by atoms with Gasteiger partial charge in [0, 0.05) is 0 Å². The number of carboxylic acids is 1. The maximum Gasteiger partial charge on any atom is 0.472 e. The van der Waals surface area contributed by atoms with Crippen LogP contribution in [0.2, 0.25) is 0 Å². The first-order chi connectivity index (χ1) is 17.1. The van der Waals surface area contributed by atoms with Crippen LogP contribution in [0.3, 0.4) is 0 Å². The highest BCUT2D eigenvalue weighted by molar-refractivity contribution is 7.47. The number of amides is 5. The topological polar surface area (TPSA) is 273 Å². The second kappa shape index (κ2) is 16.6. The van der Waals surface area contributed by atoms with Gasteiger partial charge in [-0.25, -0.2) is 4.57 Å². The summed E-state index contributed by atoms with van der Waals surface area (Å²) in [4.78, 5) is 79.4. The number of rotatable bonds is 19. The lowest BCUT2D eigenvalue weighted by Crippen LogP contribution is -2.58. The zero-order valence-electron chi connectivity index (χ0n) is 20.5. The van der Waals surface area contributed by atoms with Crippen LogP contribution in [0, 0.1) is 5.92 Å². The molecule has 0 aliphatic carbocycles. The van der Waals surface area contributed by atoms with Crippen LogP contribution in [0.5, 0.6) is 0 Å². The molecule has 5 atom stereocenters. The Morgan fingerprint density at radius 2 is 1.68 bits per heavy atom. The molecule has 0 heterocycles. The molecule has 18 heteroatoms. The molecular formula is C19H34N5O12P. The van der Waals surface area contributed by atoms with E-state index in [2.05, 4.69) is 25.8 Å². The summed E-state index contributed by atoms with van der Waals surface area (Å²) in [7, 11) is -4.84. The number of nitrogens with one attached hydrogen (secondary N) is 4. The van der Waals surface area contributed by atoms with Crippen LogP contribution in [-0.2, 0) is 42.4 Å². The number of hydrogen-bond acceptors (Lipinski definition) is 10. The molecule has 17 nitrogen and oxygen atoms in total. The van der Waals surface area contributed by atoms with Crippen molar-refractivity contribution in [2.45, 2.75) is 57.8 Å². The highest BCUT2D eigenvalue weighted by Crippen LogP contribution is 2.45. The summed E-state index contributed by atoms with van der Waals surface area (Å²) in [6.45, 7) is 2.50. The lowest BCUT2D eigenvalue weighted by molar-refractivity contribution is -0.137. The molecule has 0 spiro atoms. The van der Waals surface area contributed by atoms with Crippen LogP contribution < -0.4 is 27.0 Å². The van der Waals surface area contributed by atoms with E-state index in [-0.39, 0.29) is 5.92 Å². The lowest BCUT2D eigenvalue weighted by atomic mass is 10.0. The predicted octanol–water partition coefficient (Wildman–Crippen LogP) is -3.29. The monoisotopic (exact) mass is 555 g/mol. The maximum atomic E-state index is 12.5. The minimum Gasteiger partial charge on any atom is -0.481 e. The van der Waals surface area contributed by atoms with E-state index in [1.54, 1.807) is 0 Å². The van der Waals surface area contributed by atoms with Crippen molar-refractivity contribution in [1.82, 2.24) is 21.3 Å². The Morgan fingerprint density at radius 1 is 1.05 bits per heavy atom. The average molecular weight is 555 g/mol. The summed E-state index contributed by atoms with van der Waals surface area (Å²) in [5.41, 5.74) is 5.20. The first-order valence-corrected chi connectivity index (χ1v) is 12.5. The SMILES string of the molecule is CC(C)CC(NC=O)C(=O)NCC(=O)NC(CO)C(=O)NC(C(N)=O)C(C)OP(=O)(O)OCCC(=O)O. The molecule has 5 unspecified atom stereocenters. The van der Waals surface area contributed by atoms with Gasteiger partial charge in [-0.1, -0.05) is 13.8 Å². The molecule has 0 saturated carbocycles. The zero-order valence-corrected chi connectivity index (χ0v) is 21.4. The molecule has 212 valence electrons. The molecule has 0 radical (unpaired) electrons. The second-order valence-corrected chi connectivity index (χ2v) is 9.54. The smallest absolute Gasteiger partial charge is 0.472 e. The Bertz CT molecular complexity index is 870. The molecule has 5 amide bonds. The van der Waals surface area contributed by atoms with E-state index in [0.717, 1.165) is 6.92 Å². The first-order valence-electron chi connectivity index (χ1n) is 11.0. The van der Waals surface area contributed by atoms with Crippen molar-refractivity contribution >= 4 is 43.8 Å². The van der Waals surface area contributed by atoms with Gasteiger partial charge < -0.3 is 42.1 Å². The van der Waals surface area contributed by atoms with Crippen molar-refractivity contribution in [3.05, 3.63) is 0 Å². The highest BCUT2D eigenvalue weighted by Gasteiger charge is 2.34. The van der Waals surface area contributed by atoms with Crippen LogP contribution in [0.1, 0.15) is 33.6 Å². The van der Waals surface area contributed by atoms with E-state index in [1.807, 2.05) is 13.8 Å². The second-order valence-electron chi connectivity index (χ2n) is 8.13. The average Bonchev–Trinajstić information content (AvgIpc) is 2.77. The molecule has 0 aliphatic heterocycles. The van der Waals surface area contributed by atoms with Gasteiger partial charge in [0.05, 0.1) is 32.3 Å². The summed E-state index contributed by atoms with van der Waals surface area (Å²) < 4.78 is 21.1. The van der Waals surface area contributed by atoms with Crippen molar-refractivity contribution in [2.75, 3.05) is 19.8 Å². The minimum atomic E-state index is -4.84. The number of phosphoric acid groups is 1. The van der Waals surface area contributed by atoms with E-state index < -0.39 is 87.8 Å². The van der Waals surface area contributed by atoms with E-state index >= 15 is 0 Å². The van der Waals surface area contributed by atoms with Gasteiger partial charge in [0.2, 0.25) is 30.0 Å². The van der Waals surface area contributed by atoms with Gasteiger partial charge in [-0.05, 0) is 19.3 Å². The van der Waals surface area contributed by atoms with Crippen LogP contribution in [0.15, 0.2) is 0 Å². The minimum absolute atomic E-state index is 0.0557. The molecule has 0 bridgehead atoms. The van der Waals surface area contributed by atoms with Crippen molar-refractivity contribution in [2.24, 2.45) is 11.7 Å². The van der Waals surface area contributed by atoms with Gasteiger partial charge in [0.25, 0.3) is 0 Å². The number of aliphatic hydroxyl groups excluding tert-OH is 1. The van der Waals surface area contributed by atoms with E-state index in [1.165, 1.54) is 0 Å². The zero-order chi connectivity index (χ0) is 28.8. The molecule has 0 rings (SSSR count). The van der Waals surface area contributed by atoms with E-state index in [0.29, 0.717) is 12.8 Å². The summed E-state index contributed by atoms with van der Waals surface area (Å²) in [5, 5.41) is 26.8. The van der Waals surface area contributed by atoms with Crippen LogP contribution >= 0.6 is 7.82 Å². The van der Waals surface area contributed by atoms with Gasteiger partial charge in [0.15, 0.2) is 0 Å². The first kappa shape index (κ1) is 33.9. The summed E-state index contributed by atoms with van der Waals surface area (Å²) >= 11 is 0. The predicted molar refractivity (Wildman–Crippen MR) is 124 cm³/mol. The number of aliphatic hydroxyl groups is 1. The van der Waals surface area contributed by atoms with E-state index in [9.17, 15) is 43.3 Å². The number of carbonyl (C=O) groups is 6. The quantitative estimate of drug-likeness (QED) is 0.0575. The van der Waals surface area contributed by atoms with Gasteiger partial charge in [0.1, 0.15) is 18.1 Å². The van der Waals surface area contributed by atoms with Gasteiger partial charge in [-0.3, -0.25) is 37.8 Å². The fourth-order valence-corrected chi connectivity index (χ4v) is 3.68. The molecule has 0 aromatic carbocycles. The Morgan fingerprint density at radius 3 is 2.16 bits per heavy atom. The molecule has 0 aromatic rings. The maximum absolute atomic E-state index is 12.5. The third-order valence-electron chi connectivity index (χ3n) is 4.49. The van der Waals surface area contributed by atoms with Gasteiger partial charge in [-0.15, -0.1) is 0 Å². The number of hydrogen-bond donors (Lipinski definition) is 8. The molecule has 9 N–H and O–H groups in total. The molecule has 0 saturated heterocycles. The number of nitrogens with two attached hydrogens (primary N) is 1. The molecule has 37 heavy (non-hydrogen) atoms. The summed E-state index contributed by atoms with van der Waals surface area (Å²) in [6, 6.07) is -4.24. The Kier molecular flexibility index (Phi) is 15.2.